The fourth-order valence-electron chi connectivity index (χ4n) is 1.24. The van der Waals surface area contributed by atoms with Gasteiger partial charge in [0.2, 0.25) is 0 Å². The third-order valence-corrected chi connectivity index (χ3v) is 2.98. The molecule has 1 aromatic carbocycles. The number of thioether (sulfide) groups is 1. The van der Waals surface area contributed by atoms with E-state index in [2.05, 4.69) is 42.5 Å². The molecule has 0 aromatic heterocycles. The van der Waals surface area contributed by atoms with Crippen molar-refractivity contribution in [2.75, 3.05) is 5.75 Å². The van der Waals surface area contributed by atoms with Gasteiger partial charge in [-0.3, -0.25) is 0 Å². The van der Waals surface area contributed by atoms with Crippen LogP contribution in [0.3, 0.4) is 0 Å². The average Bonchev–Trinajstić information content (AvgIpc) is 2.58. The van der Waals surface area contributed by atoms with Crippen LogP contribution in [0.2, 0.25) is 0 Å². The Labute approximate surface area is 71.3 Å². The molecule has 0 saturated heterocycles. The smallest absolute Gasteiger partial charge is 0.0480 e. The van der Waals surface area contributed by atoms with E-state index in [9.17, 15) is 0 Å². The Hall–Kier alpha value is -0.690. The predicted octanol–water partition coefficient (Wildman–Crippen LogP) is 3.03. The van der Waals surface area contributed by atoms with Gasteiger partial charge in [-0.25, -0.2) is 0 Å². The first-order valence-corrected chi connectivity index (χ1v) is 4.85. The molecule has 0 bridgehead atoms. The van der Waals surface area contributed by atoms with Crippen molar-refractivity contribution < 1.29 is 0 Å². The average molecular weight is 162 g/mol. The van der Waals surface area contributed by atoms with Gasteiger partial charge in [0.25, 0.3) is 0 Å². The molecule has 0 spiro atoms. The van der Waals surface area contributed by atoms with Crippen molar-refractivity contribution in [1.82, 2.24) is 0 Å². The third kappa shape index (κ3) is 1.48. The van der Waals surface area contributed by atoms with Gasteiger partial charge in [-0.1, -0.05) is 42.5 Å². The van der Waals surface area contributed by atoms with Crippen LogP contribution in [0, 0.1) is 0 Å². The van der Waals surface area contributed by atoms with Crippen LogP contribution in [0.4, 0.5) is 0 Å². The van der Waals surface area contributed by atoms with Crippen molar-refractivity contribution in [2.45, 2.75) is 5.25 Å². The summed E-state index contributed by atoms with van der Waals surface area (Å²) in [5.41, 5.74) is 1.42. The zero-order chi connectivity index (χ0) is 7.52. The highest BCUT2D eigenvalue weighted by atomic mass is 32.2. The molecule has 0 fully saturated rings. The maximum atomic E-state index is 2.28. The molecule has 0 nitrogen and oxygen atoms in total. The summed E-state index contributed by atoms with van der Waals surface area (Å²) in [7, 11) is 0. The number of hydrogen-bond donors (Lipinski definition) is 0. The summed E-state index contributed by atoms with van der Waals surface area (Å²) in [6, 6.07) is 10.6. The van der Waals surface area contributed by atoms with Crippen LogP contribution >= 0.6 is 11.8 Å². The standard InChI is InChI=1S/C10H10S/c1-2-5-9(6-3-1)10-7-4-8-11-10/h1-7,10H,8H2/t10-/m0/s1. The minimum Gasteiger partial charge on any atom is -0.145 e. The Balaban J connectivity index is 2.23. The minimum atomic E-state index is 0.608. The third-order valence-electron chi connectivity index (χ3n) is 1.81. The van der Waals surface area contributed by atoms with Crippen molar-refractivity contribution in [3.63, 3.8) is 0 Å². The van der Waals surface area contributed by atoms with E-state index < -0.39 is 0 Å². The summed E-state index contributed by atoms with van der Waals surface area (Å²) >= 11 is 1.98. The van der Waals surface area contributed by atoms with Crippen LogP contribution in [0.5, 0.6) is 0 Å². The summed E-state index contributed by atoms with van der Waals surface area (Å²) < 4.78 is 0. The van der Waals surface area contributed by atoms with Crippen molar-refractivity contribution in [3.8, 4) is 0 Å². The lowest BCUT2D eigenvalue weighted by molar-refractivity contribution is 1.25. The SMILES string of the molecule is C1=C[C@@H](c2ccccc2)SC1. The van der Waals surface area contributed by atoms with E-state index in [1.165, 1.54) is 11.3 Å². The Kier molecular flexibility index (Phi) is 1.99. The molecule has 0 unspecified atom stereocenters. The van der Waals surface area contributed by atoms with Crippen LogP contribution in [-0.2, 0) is 0 Å². The maximum Gasteiger partial charge on any atom is 0.0480 e. The Bertz CT molecular complexity index is 251. The van der Waals surface area contributed by atoms with Crippen molar-refractivity contribution >= 4 is 11.8 Å². The van der Waals surface area contributed by atoms with Crippen molar-refractivity contribution in [3.05, 3.63) is 48.0 Å². The first-order chi connectivity index (χ1) is 5.47. The summed E-state index contributed by atoms with van der Waals surface area (Å²) in [5.74, 6) is 1.17. The highest BCUT2D eigenvalue weighted by Gasteiger charge is 2.10. The Morgan fingerprint density at radius 2 is 2.00 bits per heavy atom. The fourth-order valence-corrected chi connectivity index (χ4v) is 2.25. The topological polar surface area (TPSA) is 0 Å². The second kappa shape index (κ2) is 3.14. The van der Waals surface area contributed by atoms with Gasteiger partial charge in [-0.2, -0.15) is 0 Å². The van der Waals surface area contributed by atoms with Crippen LogP contribution < -0.4 is 0 Å². The van der Waals surface area contributed by atoms with Gasteiger partial charge < -0.3 is 0 Å². The number of benzene rings is 1. The second-order valence-corrected chi connectivity index (χ2v) is 3.77. The lowest BCUT2D eigenvalue weighted by atomic mass is 10.1. The highest BCUT2D eigenvalue weighted by molar-refractivity contribution is 8.00. The molecule has 1 heteroatoms. The monoisotopic (exact) mass is 162 g/mol. The van der Waals surface area contributed by atoms with Crippen LogP contribution in [0.1, 0.15) is 10.8 Å². The van der Waals surface area contributed by atoms with Gasteiger partial charge in [-0.05, 0) is 5.56 Å². The van der Waals surface area contributed by atoms with Gasteiger partial charge in [0.05, 0.1) is 0 Å². The summed E-state index contributed by atoms with van der Waals surface area (Å²) in [5, 5.41) is 0.608. The maximum absolute atomic E-state index is 2.28. The fraction of sp³-hybridized carbons (Fsp3) is 0.200. The molecule has 56 valence electrons. The molecule has 1 aliphatic rings. The van der Waals surface area contributed by atoms with Crippen molar-refractivity contribution in [1.29, 1.82) is 0 Å². The molecule has 0 radical (unpaired) electrons. The molecule has 0 amide bonds. The molecule has 1 atom stereocenters. The molecule has 1 heterocycles. The molecule has 1 aliphatic heterocycles. The zero-order valence-electron chi connectivity index (χ0n) is 6.23. The molecule has 2 rings (SSSR count). The summed E-state index contributed by atoms with van der Waals surface area (Å²) in [6.45, 7) is 0. The van der Waals surface area contributed by atoms with E-state index in [4.69, 9.17) is 0 Å². The van der Waals surface area contributed by atoms with E-state index in [1.807, 2.05) is 11.8 Å². The van der Waals surface area contributed by atoms with Crippen LogP contribution in [0.15, 0.2) is 42.5 Å². The minimum absolute atomic E-state index is 0.608. The molecule has 0 aliphatic carbocycles. The largest absolute Gasteiger partial charge is 0.145 e. The van der Waals surface area contributed by atoms with Crippen molar-refractivity contribution in [2.24, 2.45) is 0 Å². The second-order valence-electron chi connectivity index (χ2n) is 2.59. The van der Waals surface area contributed by atoms with E-state index in [-0.39, 0.29) is 0 Å². The lowest BCUT2D eigenvalue weighted by Crippen LogP contribution is -1.84. The zero-order valence-corrected chi connectivity index (χ0v) is 7.05. The van der Waals surface area contributed by atoms with E-state index in [0.717, 1.165) is 0 Å². The molecule has 0 N–H and O–H groups in total. The lowest BCUT2D eigenvalue weighted by Gasteiger charge is -2.05. The summed E-state index contributed by atoms with van der Waals surface area (Å²) in [6.07, 6.45) is 4.52. The highest BCUT2D eigenvalue weighted by Crippen LogP contribution is 2.34. The van der Waals surface area contributed by atoms with Gasteiger partial charge in [-0.15, -0.1) is 11.8 Å². The first kappa shape index (κ1) is 6.99. The van der Waals surface area contributed by atoms with Gasteiger partial charge in [0.1, 0.15) is 0 Å². The Morgan fingerprint density at radius 1 is 1.18 bits per heavy atom. The van der Waals surface area contributed by atoms with E-state index in [0.29, 0.717) is 5.25 Å². The quantitative estimate of drug-likeness (QED) is 0.572. The van der Waals surface area contributed by atoms with Gasteiger partial charge in [0, 0.05) is 11.0 Å². The summed E-state index contributed by atoms with van der Waals surface area (Å²) in [4.78, 5) is 0. The predicted molar refractivity (Wildman–Crippen MR) is 50.8 cm³/mol. The van der Waals surface area contributed by atoms with Crippen LogP contribution in [0.25, 0.3) is 0 Å². The Morgan fingerprint density at radius 3 is 2.64 bits per heavy atom. The number of hydrogen-bond acceptors (Lipinski definition) is 1. The first-order valence-electron chi connectivity index (χ1n) is 3.80. The molecule has 0 saturated carbocycles. The normalized spacial score (nSPS) is 22.4. The van der Waals surface area contributed by atoms with E-state index in [1.54, 1.807) is 0 Å². The van der Waals surface area contributed by atoms with E-state index >= 15 is 0 Å². The molecule has 1 aromatic rings. The number of rotatable bonds is 1. The van der Waals surface area contributed by atoms with Gasteiger partial charge in [0.15, 0.2) is 0 Å². The van der Waals surface area contributed by atoms with Crippen LogP contribution in [-0.4, -0.2) is 5.75 Å². The van der Waals surface area contributed by atoms with Gasteiger partial charge >= 0.3 is 0 Å². The molecule has 11 heavy (non-hydrogen) atoms. The molecular weight excluding hydrogens is 152 g/mol. The molecular formula is C10H10S.